The van der Waals surface area contributed by atoms with E-state index in [2.05, 4.69) is 43.5 Å². The highest BCUT2D eigenvalue weighted by Gasteiger charge is 2.20. The molecule has 0 aliphatic carbocycles. The number of rotatable bonds is 5. The fraction of sp³-hybridized carbons (Fsp3) is 0.312. The minimum Gasteiger partial charge on any atom is -0.491 e. The summed E-state index contributed by atoms with van der Waals surface area (Å²) in [6, 6.07) is 7.46. The SMILES string of the molecule is Cn1c(=O)c2c(nc(Br)n2CC(O)COc2ccc(I)cc2)n(C)c1=O. The van der Waals surface area contributed by atoms with E-state index in [1.165, 1.54) is 11.6 Å². The van der Waals surface area contributed by atoms with Crippen LogP contribution in [-0.4, -0.2) is 36.5 Å². The van der Waals surface area contributed by atoms with Gasteiger partial charge in [0.25, 0.3) is 5.56 Å². The van der Waals surface area contributed by atoms with Crippen LogP contribution in [0.5, 0.6) is 5.75 Å². The van der Waals surface area contributed by atoms with E-state index in [9.17, 15) is 14.7 Å². The van der Waals surface area contributed by atoms with Crippen molar-refractivity contribution in [3.05, 3.63) is 53.4 Å². The summed E-state index contributed by atoms with van der Waals surface area (Å²) in [7, 11) is 2.95. The van der Waals surface area contributed by atoms with Gasteiger partial charge in [-0.25, -0.2) is 9.78 Å². The van der Waals surface area contributed by atoms with Crippen LogP contribution in [0.3, 0.4) is 0 Å². The summed E-state index contributed by atoms with van der Waals surface area (Å²) in [4.78, 5) is 28.7. The first kappa shape index (κ1) is 19.1. The number of aryl methyl sites for hydroxylation is 1. The van der Waals surface area contributed by atoms with Crippen LogP contribution < -0.4 is 16.0 Å². The molecule has 0 saturated heterocycles. The largest absolute Gasteiger partial charge is 0.491 e. The van der Waals surface area contributed by atoms with E-state index in [-0.39, 0.29) is 24.3 Å². The Morgan fingerprint density at radius 3 is 2.54 bits per heavy atom. The number of ether oxygens (including phenoxy) is 1. The smallest absolute Gasteiger partial charge is 0.332 e. The van der Waals surface area contributed by atoms with Crippen LogP contribution in [-0.2, 0) is 20.6 Å². The number of aromatic nitrogens is 4. The molecule has 1 atom stereocenters. The van der Waals surface area contributed by atoms with Crippen LogP contribution in [0.15, 0.2) is 38.6 Å². The molecule has 1 N–H and O–H groups in total. The highest BCUT2D eigenvalue weighted by atomic mass is 127. The van der Waals surface area contributed by atoms with Gasteiger partial charge >= 0.3 is 5.69 Å². The second kappa shape index (κ2) is 7.53. The lowest BCUT2D eigenvalue weighted by Crippen LogP contribution is -2.38. The van der Waals surface area contributed by atoms with E-state index < -0.39 is 17.4 Å². The Balaban J connectivity index is 1.86. The second-order valence-corrected chi connectivity index (χ2v) is 7.74. The number of aliphatic hydroxyl groups excluding tert-OH is 1. The molecule has 0 radical (unpaired) electrons. The minimum absolute atomic E-state index is 0.0544. The molecule has 0 aliphatic rings. The fourth-order valence-electron chi connectivity index (χ4n) is 2.57. The van der Waals surface area contributed by atoms with Gasteiger partial charge in [-0.2, -0.15) is 0 Å². The molecule has 0 spiro atoms. The first-order chi connectivity index (χ1) is 12.3. The zero-order chi connectivity index (χ0) is 19.0. The molecule has 10 heteroatoms. The molecule has 0 aliphatic heterocycles. The number of hydrogen-bond donors (Lipinski definition) is 1. The maximum absolute atomic E-state index is 12.5. The van der Waals surface area contributed by atoms with Gasteiger partial charge in [-0.15, -0.1) is 0 Å². The standard InChI is InChI=1S/C16H16BrIN4O4/c1-20-13-12(14(24)21(2)16(20)25)22(15(17)19-13)7-10(23)8-26-11-5-3-9(18)4-6-11/h3-6,10,23H,7-8H2,1-2H3. The third-order valence-electron chi connectivity index (χ3n) is 3.95. The van der Waals surface area contributed by atoms with E-state index in [1.54, 1.807) is 11.6 Å². The molecule has 2 aromatic heterocycles. The van der Waals surface area contributed by atoms with Gasteiger partial charge in [0.15, 0.2) is 15.9 Å². The van der Waals surface area contributed by atoms with Gasteiger partial charge < -0.3 is 14.4 Å². The van der Waals surface area contributed by atoms with Gasteiger partial charge in [0, 0.05) is 17.7 Å². The summed E-state index contributed by atoms with van der Waals surface area (Å²) in [5.41, 5.74) is -0.417. The van der Waals surface area contributed by atoms with E-state index >= 15 is 0 Å². The Bertz CT molecular complexity index is 1070. The molecule has 0 amide bonds. The normalized spacial score (nSPS) is 12.5. The molecule has 0 fully saturated rings. The Morgan fingerprint density at radius 2 is 1.88 bits per heavy atom. The average Bonchev–Trinajstić information content (AvgIpc) is 2.94. The van der Waals surface area contributed by atoms with Crippen molar-refractivity contribution < 1.29 is 9.84 Å². The van der Waals surface area contributed by atoms with Crippen molar-refractivity contribution in [1.29, 1.82) is 0 Å². The lowest BCUT2D eigenvalue weighted by molar-refractivity contribution is 0.0928. The van der Waals surface area contributed by atoms with Crippen molar-refractivity contribution in [2.24, 2.45) is 14.1 Å². The number of aliphatic hydroxyl groups is 1. The van der Waals surface area contributed by atoms with Gasteiger partial charge in [0.05, 0.1) is 6.54 Å². The summed E-state index contributed by atoms with van der Waals surface area (Å²) in [6.07, 6.45) is -0.870. The molecule has 3 rings (SSSR count). The topological polar surface area (TPSA) is 91.3 Å². The summed E-state index contributed by atoms with van der Waals surface area (Å²) in [5.74, 6) is 0.650. The number of fused-ring (bicyclic) bond motifs is 1. The Labute approximate surface area is 170 Å². The number of benzene rings is 1. The molecule has 0 bridgehead atoms. The Morgan fingerprint density at radius 1 is 1.23 bits per heavy atom. The lowest BCUT2D eigenvalue weighted by Gasteiger charge is -2.14. The van der Waals surface area contributed by atoms with Gasteiger partial charge in [-0.3, -0.25) is 13.9 Å². The number of nitrogens with zero attached hydrogens (tertiary/aromatic N) is 4. The predicted octanol–water partition coefficient (Wildman–Crippen LogP) is 1.24. The molecule has 2 heterocycles. The highest BCUT2D eigenvalue weighted by Crippen LogP contribution is 2.18. The maximum Gasteiger partial charge on any atom is 0.332 e. The van der Waals surface area contributed by atoms with Gasteiger partial charge in [0.1, 0.15) is 18.5 Å². The van der Waals surface area contributed by atoms with Crippen molar-refractivity contribution in [3.8, 4) is 5.75 Å². The summed E-state index contributed by atoms with van der Waals surface area (Å²) >= 11 is 5.49. The summed E-state index contributed by atoms with van der Waals surface area (Å²) < 4.78 is 10.9. The summed E-state index contributed by atoms with van der Waals surface area (Å²) in [6.45, 7) is 0.147. The average molecular weight is 535 g/mol. The molecule has 1 aromatic carbocycles. The van der Waals surface area contributed by atoms with Crippen LogP contribution in [0.4, 0.5) is 0 Å². The molecule has 26 heavy (non-hydrogen) atoms. The van der Waals surface area contributed by atoms with E-state index in [4.69, 9.17) is 4.74 Å². The number of halogens is 2. The van der Waals surface area contributed by atoms with Crippen LogP contribution in [0.1, 0.15) is 0 Å². The molecule has 138 valence electrons. The van der Waals surface area contributed by atoms with Crippen LogP contribution in [0, 0.1) is 3.57 Å². The molecule has 3 aromatic rings. The third-order valence-corrected chi connectivity index (χ3v) is 5.28. The predicted molar refractivity (Wildman–Crippen MR) is 109 cm³/mol. The highest BCUT2D eigenvalue weighted by molar-refractivity contribution is 14.1. The number of hydrogen-bond acceptors (Lipinski definition) is 5. The summed E-state index contributed by atoms with van der Waals surface area (Å²) in [5, 5.41) is 10.3. The first-order valence-electron chi connectivity index (χ1n) is 7.67. The lowest BCUT2D eigenvalue weighted by atomic mass is 10.3. The van der Waals surface area contributed by atoms with E-state index in [0.717, 1.165) is 8.14 Å². The fourth-order valence-corrected chi connectivity index (χ4v) is 3.42. The van der Waals surface area contributed by atoms with Gasteiger partial charge in [-0.1, -0.05) is 0 Å². The first-order valence-corrected chi connectivity index (χ1v) is 9.55. The van der Waals surface area contributed by atoms with Crippen LogP contribution in [0.2, 0.25) is 0 Å². The van der Waals surface area contributed by atoms with Gasteiger partial charge in [0.2, 0.25) is 0 Å². The zero-order valence-electron chi connectivity index (χ0n) is 14.0. The molecule has 8 nitrogen and oxygen atoms in total. The van der Waals surface area contributed by atoms with Crippen LogP contribution in [0.25, 0.3) is 11.2 Å². The molecular formula is C16H16BrIN4O4. The van der Waals surface area contributed by atoms with E-state index in [0.29, 0.717) is 10.5 Å². The van der Waals surface area contributed by atoms with Crippen molar-refractivity contribution in [3.63, 3.8) is 0 Å². The van der Waals surface area contributed by atoms with Crippen molar-refractivity contribution in [2.45, 2.75) is 12.6 Å². The zero-order valence-corrected chi connectivity index (χ0v) is 17.8. The molecule has 0 saturated carbocycles. The minimum atomic E-state index is -0.870. The number of imidazole rings is 1. The maximum atomic E-state index is 12.5. The van der Waals surface area contributed by atoms with E-state index in [1.807, 2.05) is 24.3 Å². The van der Waals surface area contributed by atoms with Crippen molar-refractivity contribution in [1.82, 2.24) is 18.7 Å². The van der Waals surface area contributed by atoms with Crippen molar-refractivity contribution in [2.75, 3.05) is 6.61 Å². The quantitative estimate of drug-likeness (QED) is 0.393. The Hall–Kier alpha value is -1.66. The third kappa shape index (κ3) is 3.58. The molecule has 1 unspecified atom stereocenters. The van der Waals surface area contributed by atoms with Crippen LogP contribution >= 0.6 is 38.5 Å². The Kier molecular flexibility index (Phi) is 5.53. The molecular weight excluding hydrogens is 519 g/mol. The van der Waals surface area contributed by atoms with Crippen molar-refractivity contribution >= 4 is 49.7 Å². The second-order valence-electron chi connectivity index (χ2n) is 5.79. The van der Waals surface area contributed by atoms with Gasteiger partial charge in [-0.05, 0) is 62.8 Å². The monoisotopic (exact) mass is 534 g/mol.